The highest BCUT2D eigenvalue weighted by Crippen LogP contribution is 2.22. The smallest absolute Gasteiger partial charge is 0.222 e. The molecule has 0 aliphatic heterocycles. The van der Waals surface area contributed by atoms with Gasteiger partial charge in [-0.3, -0.25) is 4.98 Å². The van der Waals surface area contributed by atoms with Crippen molar-refractivity contribution in [3.63, 3.8) is 0 Å². The quantitative estimate of drug-likeness (QED) is 0.915. The van der Waals surface area contributed by atoms with Gasteiger partial charge in [-0.2, -0.15) is 0 Å². The van der Waals surface area contributed by atoms with Gasteiger partial charge >= 0.3 is 0 Å². The van der Waals surface area contributed by atoms with E-state index in [1.807, 2.05) is 39.1 Å². The Kier molecular flexibility index (Phi) is 4.12. The SMILES string of the molecule is Cc1ccc(Oc2ncc(CC(C)N)cc2C)cn1. The average molecular weight is 257 g/mol. The topological polar surface area (TPSA) is 61.0 Å². The van der Waals surface area contributed by atoms with E-state index >= 15 is 0 Å². The standard InChI is InChI=1S/C15H19N3O/c1-10-6-13(7-11(2)16)8-18-15(10)19-14-5-4-12(3)17-9-14/h4-6,8-9,11H,7,16H2,1-3H3. The molecule has 0 saturated heterocycles. The zero-order valence-electron chi connectivity index (χ0n) is 11.6. The van der Waals surface area contributed by atoms with Crippen molar-refractivity contribution in [1.82, 2.24) is 9.97 Å². The molecule has 0 aromatic carbocycles. The van der Waals surface area contributed by atoms with Crippen molar-refractivity contribution >= 4 is 0 Å². The summed E-state index contributed by atoms with van der Waals surface area (Å²) in [5.74, 6) is 1.31. The number of nitrogens with zero attached hydrogens (tertiary/aromatic N) is 2. The molecular weight excluding hydrogens is 238 g/mol. The fourth-order valence-electron chi connectivity index (χ4n) is 1.84. The van der Waals surface area contributed by atoms with Crippen molar-refractivity contribution in [3.8, 4) is 11.6 Å². The molecule has 0 saturated carbocycles. The summed E-state index contributed by atoms with van der Waals surface area (Å²) >= 11 is 0. The number of aryl methyl sites for hydroxylation is 2. The second kappa shape index (κ2) is 5.80. The number of hydrogen-bond donors (Lipinski definition) is 1. The molecule has 0 aliphatic rings. The summed E-state index contributed by atoms with van der Waals surface area (Å²) in [6, 6.07) is 6.00. The van der Waals surface area contributed by atoms with Gasteiger partial charge in [-0.1, -0.05) is 0 Å². The molecule has 2 aromatic heterocycles. The molecule has 2 heterocycles. The molecule has 0 spiro atoms. The first kappa shape index (κ1) is 13.5. The van der Waals surface area contributed by atoms with Crippen LogP contribution in [0.5, 0.6) is 11.6 Å². The lowest BCUT2D eigenvalue weighted by molar-refractivity contribution is 0.456. The lowest BCUT2D eigenvalue weighted by Gasteiger charge is -2.10. The maximum absolute atomic E-state index is 5.78. The Morgan fingerprint density at radius 1 is 1.21 bits per heavy atom. The number of ether oxygens (including phenoxy) is 1. The second-order valence-electron chi connectivity index (χ2n) is 4.88. The van der Waals surface area contributed by atoms with Crippen LogP contribution in [-0.4, -0.2) is 16.0 Å². The summed E-state index contributed by atoms with van der Waals surface area (Å²) in [4.78, 5) is 8.54. The number of pyridine rings is 2. The van der Waals surface area contributed by atoms with E-state index in [9.17, 15) is 0 Å². The Morgan fingerprint density at radius 2 is 2.00 bits per heavy atom. The monoisotopic (exact) mass is 257 g/mol. The maximum Gasteiger partial charge on any atom is 0.222 e. The fraction of sp³-hybridized carbons (Fsp3) is 0.333. The molecule has 0 aliphatic carbocycles. The van der Waals surface area contributed by atoms with Crippen LogP contribution in [0.2, 0.25) is 0 Å². The molecule has 0 bridgehead atoms. The minimum atomic E-state index is 0.134. The van der Waals surface area contributed by atoms with Crippen molar-refractivity contribution in [3.05, 3.63) is 47.4 Å². The van der Waals surface area contributed by atoms with Gasteiger partial charge in [0.25, 0.3) is 0 Å². The zero-order chi connectivity index (χ0) is 13.8. The largest absolute Gasteiger partial charge is 0.437 e. The lowest BCUT2D eigenvalue weighted by atomic mass is 10.1. The Bertz CT molecular complexity index is 550. The third-order valence-electron chi connectivity index (χ3n) is 2.74. The molecule has 4 heteroatoms. The third-order valence-corrected chi connectivity index (χ3v) is 2.74. The minimum Gasteiger partial charge on any atom is -0.437 e. The Hall–Kier alpha value is -1.94. The molecule has 0 fully saturated rings. The van der Waals surface area contributed by atoms with Gasteiger partial charge in [0, 0.05) is 23.5 Å². The summed E-state index contributed by atoms with van der Waals surface area (Å²) in [6.07, 6.45) is 4.33. The van der Waals surface area contributed by atoms with E-state index in [2.05, 4.69) is 16.0 Å². The van der Waals surface area contributed by atoms with Gasteiger partial charge in [0.1, 0.15) is 5.75 Å². The van der Waals surface area contributed by atoms with Crippen LogP contribution < -0.4 is 10.5 Å². The van der Waals surface area contributed by atoms with Crippen molar-refractivity contribution < 1.29 is 4.74 Å². The van der Waals surface area contributed by atoms with E-state index in [0.29, 0.717) is 11.6 Å². The highest BCUT2D eigenvalue weighted by molar-refractivity contribution is 5.33. The summed E-state index contributed by atoms with van der Waals surface area (Å²) in [5, 5.41) is 0. The van der Waals surface area contributed by atoms with Gasteiger partial charge in [0.05, 0.1) is 6.20 Å². The average Bonchev–Trinajstić information content (AvgIpc) is 2.34. The predicted octanol–water partition coefficient (Wildman–Crippen LogP) is 2.78. The third kappa shape index (κ3) is 3.76. The van der Waals surface area contributed by atoms with E-state index in [1.54, 1.807) is 6.20 Å². The highest BCUT2D eigenvalue weighted by Gasteiger charge is 2.06. The van der Waals surface area contributed by atoms with Crippen LogP contribution in [0.15, 0.2) is 30.6 Å². The molecule has 0 radical (unpaired) electrons. The van der Waals surface area contributed by atoms with Crippen molar-refractivity contribution in [2.45, 2.75) is 33.2 Å². The van der Waals surface area contributed by atoms with Crippen LogP contribution in [0, 0.1) is 13.8 Å². The first-order chi connectivity index (χ1) is 9.04. The molecule has 19 heavy (non-hydrogen) atoms. The minimum absolute atomic E-state index is 0.134. The van der Waals surface area contributed by atoms with E-state index in [1.165, 1.54) is 0 Å². The second-order valence-corrected chi connectivity index (χ2v) is 4.88. The molecule has 100 valence electrons. The van der Waals surface area contributed by atoms with Crippen LogP contribution >= 0.6 is 0 Å². The van der Waals surface area contributed by atoms with Gasteiger partial charge in [0.15, 0.2) is 0 Å². The van der Waals surface area contributed by atoms with Gasteiger partial charge in [-0.05, 0) is 51.0 Å². The molecule has 2 aromatic rings. The van der Waals surface area contributed by atoms with Crippen LogP contribution in [0.4, 0.5) is 0 Å². The zero-order valence-corrected chi connectivity index (χ0v) is 11.6. The first-order valence-electron chi connectivity index (χ1n) is 6.36. The Balaban J connectivity index is 2.15. The lowest BCUT2D eigenvalue weighted by Crippen LogP contribution is -2.17. The van der Waals surface area contributed by atoms with Crippen molar-refractivity contribution in [2.24, 2.45) is 5.73 Å². The van der Waals surface area contributed by atoms with Gasteiger partial charge in [0.2, 0.25) is 5.88 Å². The highest BCUT2D eigenvalue weighted by atomic mass is 16.5. The van der Waals surface area contributed by atoms with Gasteiger partial charge < -0.3 is 10.5 Å². The molecule has 0 amide bonds. The van der Waals surface area contributed by atoms with Crippen LogP contribution in [0.1, 0.15) is 23.7 Å². The molecular formula is C15H19N3O. The van der Waals surface area contributed by atoms with Crippen LogP contribution in [0.25, 0.3) is 0 Å². The normalized spacial score (nSPS) is 12.2. The molecule has 4 nitrogen and oxygen atoms in total. The number of aromatic nitrogens is 2. The van der Waals surface area contributed by atoms with Crippen molar-refractivity contribution in [1.29, 1.82) is 0 Å². The Morgan fingerprint density at radius 3 is 2.58 bits per heavy atom. The van der Waals surface area contributed by atoms with Crippen LogP contribution in [0.3, 0.4) is 0 Å². The van der Waals surface area contributed by atoms with E-state index in [4.69, 9.17) is 10.5 Å². The number of hydrogen-bond acceptors (Lipinski definition) is 4. The Labute approximate surface area is 113 Å². The summed E-state index contributed by atoms with van der Waals surface area (Å²) in [7, 11) is 0. The number of nitrogens with two attached hydrogens (primary N) is 1. The molecule has 1 atom stereocenters. The van der Waals surface area contributed by atoms with Gasteiger partial charge in [-0.15, -0.1) is 0 Å². The van der Waals surface area contributed by atoms with E-state index in [0.717, 1.165) is 23.2 Å². The van der Waals surface area contributed by atoms with Crippen LogP contribution in [-0.2, 0) is 6.42 Å². The molecule has 1 unspecified atom stereocenters. The predicted molar refractivity (Wildman–Crippen MR) is 75.4 cm³/mol. The van der Waals surface area contributed by atoms with E-state index < -0.39 is 0 Å². The van der Waals surface area contributed by atoms with Crippen molar-refractivity contribution in [2.75, 3.05) is 0 Å². The van der Waals surface area contributed by atoms with E-state index in [-0.39, 0.29) is 6.04 Å². The van der Waals surface area contributed by atoms with Gasteiger partial charge in [-0.25, -0.2) is 4.98 Å². The molecule has 2 rings (SSSR count). The summed E-state index contributed by atoms with van der Waals surface area (Å²) in [5.41, 5.74) is 8.87. The number of rotatable bonds is 4. The first-order valence-corrected chi connectivity index (χ1v) is 6.36. The molecule has 2 N–H and O–H groups in total. The summed E-state index contributed by atoms with van der Waals surface area (Å²) in [6.45, 7) is 5.91. The maximum atomic E-state index is 5.78. The fourth-order valence-corrected chi connectivity index (χ4v) is 1.84. The summed E-state index contributed by atoms with van der Waals surface area (Å²) < 4.78 is 5.72.